The second kappa shape index (κ2) is 11.7. The monoisotopic (exact) mass is 538 g/mol. The summed E-state index contributed by atoms with van der Waals surface area (Å²) in [5, 5.41) is 8.39. The molecule has 5 rings (SSSR count). The average molecular weight is 539 g/mol. The number of benzene rings is 1. The van der Waals surface area contributed by atoms with Gasteiger partial charge < -0.3 is 20.1 Å². The molecule has 0 spiro atoms. The van der Waals surface area contributed by atoms with Gasteiger partial charge in [0.05, 0.1) is 35.0 Å². The van der Waals surface area contributed by atoms with Crippen LogP contribution in [0.25, 0.3) is 10.4 Å². The number of aromatic nitrogens is 2. The fourth-order valence-corrected chi connectivity index (χ4v) is 6.93. The molecule has 2 aromatic heterocycles. The number of nitrogens with zero attached hydrogens (tertiary/aromatic N) is 2. The minimum atomic E-state index is -0.308. The van der Waals surface area contributed by atoms with Crippen LogP contribution < -0.4 is 15.4 Å². The van der Waals surface area contributed by atoms with Gasteiger partial charge in [-0.25, -0.2) is 14.8 Å². The quantitative estimate of drug-likeness (QED) is 0.294. The number of alkyl carbamates (subject to hydrolysis) is 1. The third-order valence-corrected chi connectivity index (χ3v) is 9.15. The van der Waals surface area contributed by atoms with Crippen molar-refractivity contribution in [1.82, 2.24) is 15.3 Å². The van der Waals surface area contributed by atoms with Gasteiger partial charge in [0.2, 0.25) is 5.88 Å². The van der Waals surface area contributed by atoms with E-state index in [1.165, 1.54) is 33.2 Å². The van der Waals surface area contributed by atoms with Crippen molar-refractivity contribution in [3.8, 4) is 16.3 Å². The molecule has 1 amide bonds. The van der Waals surface area contributed by atoms with Crippen molar-refractivity contribution in [2.75, 3.05) is 12.4 Å². The Bertz CT molecular complexity index is 1200. The number of ether oxygens (including phenoxy) is 2. The Morgan fingerprint density at radius 2 is 1.81 bits per heavy atom. The molecule has 2 aliphatic carbocycles. The van der Waals surface area contributed by atoms with Gasteiger partial charge in [-0.05, 0) is 70.6 Å². The molecule has 2 aliphatic rings. The Morgan fingerprint density at radius 3 is 2.49 bits per heavy atom. The lowest BCUT2D eigenvalue weighted by Crippen LogP contribution is -2.38. The number of hydrogen-bond donors (Lipinski definition) is 2. The Labute approximate surface area is 226 Å². The zero-order chi connectivity index (χ0) is 25.8. The lowest BCUT2D eigenvalue weighted by molar-refractivity contribution is 0.109. The predicted octanol–water partition coefficient (Wildman–Crippen LogP) is 7.37. The number of amides is 1. The summed E-state index contributed by atoms with van der Waals surface area (Å²) in [6.45, 7) is 3.74. The van der Waals surface area contributed by atoms with Gasteiger partial charge in [0, 0.05) is 45.6 Å². The van der Waals surface area contributed by atoms with E-state index in [-0.39, 0.29) is 18.2 Å². The van der Waals surface area contributed by atoms with Crippen molar-refractivity contribution < 1.29 is 14.3 Å². The number of thiazole rings is 1. The minimum Gasteiger partial charge on any atom is -0.481 e. The maximum Gasteiger partial charge on any atom is 0.407 e. The van der Waals surface area contributed by atoms with Gasteiger partial charge in [-0.3, -0.25) is 0 Å². The maximum absolute atomic E-state index is 11.9. The third kappa shape index (κ3) is 6.96. The minimum absolute atomic E-state index is 0.0997. The highest BCUT2D eigenvalue weighted by Crippen LogP contribution is 2.46. The van der Waals surface area contributed by atoms with Crippen LogP contribution >= 0.6 is 23.1 Å². The first kappa shape index (κ1) is 25.9. The van der Waals surface area contributed by atoms with Crippen LogP contribution in [0.5, 0.6) is 5.88 Å². The lowest BCUT2D eigenvalue weighted by atomic mass is 9.86. The van der Waals surface area contributed by atoms with Gasteiger partial charge in [0.15, 0.2) is 0 Å². The van der Waals surface area contributed by atoms with Crippen LogP contribution in [0.3, 0.4) is 0 Å². The highest BCUT2D eigenvalue weighted by molar-refractivity contribution is 8.00. The Morgan fingerprint density at radius 1 is 1.03 bits per heavy atom. The van der Waals surface area contributed by atoms with Crippen LogP contribution in [0.2, 0.25) is 0 Å². The van der Waals surface area contributed by atoms with Gasteiger partial charge in [-0.15, -0.1) is 23.1 Å². The highest BCUT2D eigenvalue weighted by atomic mass is 32.2. The molecule has 3 aromatic rings. The summed E-state index contributed by atoms with van der Waals surface area (Å²) in [5.41, 5.74) is 3.23. The number of methoxy groups -OCH3 is 1. The summed E-state index contributed by atoms with van der Waals surface area (Å²) in [6.07, 6.45) is 9.94. The van der Waals surface area contributed by atoms with Crippen molar-refractivity contribution in [1.29, 1.82) is 0 Å². The Hall–Kier alpha value is -2.78. The molecule has 37 heavy (non-hydrogen) atoms. The van der Waals surface area contributed by atoms with Crippen LogP contribution in [-0.4, -0.2) is 40.6 Å². The van der Waals surface area contributed by atoms with Gasteiger partial charge in [0.1, 0.15) is 0 Å². The third-order valence-electron chi connectivity index (χ3n) is 6.56. The van der Waals surface area contributed by atoms with Crippen molar-refractivity contribution >= 4 is 40.6 Å². The zero-order valence-electron chi connectivity index (χ0n) is 21.5. The Kier molecular flexibility index (Phi) is 8.20. The van der Waals surface area contributed by atoms with Gasteiger partial charge in [-0.1, -0.05) is 6.07 Å². The molecule has 0 radical (unpaired) electrons. The van der Waals surface area contributed by atoms with Crippen molar-refractivity contribution in [2.45, 2.75) is 80.6 Å². The number of pyridine rings is 1. The first-order valence-corrected chi connectivity index (χ1v) is 14.7. The second-order valence-electron chi connectivity index (χ2n) is 9.95. The first-order chi connectivity index (χ1) is 18.0. The molecule has 2 heterocycles. The first-order valence-electron chi connectivity index (χ1n) is 13.0. The van der Waals surface area contributed by atoms with E-state index in [4.69, 9.17) is 14.5 Å². The van der Waals surface area contributed by atoms with E-state index in [0.717, 1.165) is 37.1 Å². The standard InChI is InChI=1S/C28H34N4O3S2/c1-17(2)35-28(33)32-19-6-4-18(5-7-19)27-30-16-25(37-27)23-12-8-20(14-24(23)36-22-10-11-22)31-21-9-13-26(34-3)29-15-21/h8-9,12-19,22,31H,4-7,10-11H2,1-3H3,(H,32,33). The van der Waals surface area contributed by atoms with Gasteiger partial charge in [-0.2, -0.15) is 0 Å². The summed E-state index contributed by atoms with van der Waals surface area (Å²) in [7, 11) is 1.62. The van der Waals surface area contributed by atoms with Crippen LogP contribution in [0.4, 0.5) is 16.2 Å². The van der Waals surface area contributed by atoms with Crippen LogP contribution in [0.1, 0.15) is 63.3 Å². The molecular formula is C28H34N4O3S2. The summed E-state index contributed by atoms with van der Waals surface area (Å²) >= 11 is 3.78. The van der Waals surface area contributed by atoms with Crippen LogP contribution in [-0.2, 0) is 4.74 Å². The van der Waals surface area contributed by atoms with E-state index in [0.29, 0.717) is 17.0 Å². The maximum atomic E-state index is 11.9. The molecule has 0 aliphatic heterocycles. The normalized spacial score (nSPS) is 19.5. The number of rotatable bonds is 9. The van der Waals surface area contributed by atoms with Crippen LogP contribution in [0.15, 0.2) is 47.6 Å². The smallest absolute Gasteiger partial charge is 0.407 e. The molecule has 0 bridgehead atoms. The molecule has 0 unspecified atom stereocenters. The topological polar surface area (TPSA) is 85.4 Å². The molecule has 2 fully saturated rings. The summed E-state index contributed by atoms with van der Waals surface area (Å²) in [4.78, 5) is 23.6. The van der Waals surface area contributed by atoms with E-state index >= 15 is 0 Å². The second-order valence-corrected chi connectivity index (χ2v) is 12.4. The average Bonchev–Trinajstić information content (AvgIpc) is 3.57. The number of thioether (sulfide) groups is 1. The summed E-state index contributed by atoms with van der Waals surface area (Å²) in [5.74, 6) is 1.05. The molecule has 7 nitrogen and oxygen atoms in total. The number of nitrogens with one attached hydrogen (secondary N) is 2. The molecule has 9 heteroatoms. The molecule has 2 N–H and O–H groups in total. The van der Waals surface area contributed by atoms with E-state index in [9.17, 15) is 4.79 Å². The van der Waals surface area contributed by atoms with E-state index in [1.54, 1.807) is 13.3 Å². The fourth-order valence-electron chi connectivity index (χ4n) is 4.51. The number of anilines is 2. The van der Waals surface area contributed by atoms with Crippen LogP contribution in [0, 0.1) is 0 Å². The summed E-state index contributed by atoms with van der Waals surface area (Å²) < 4.78 is 10.4. The molecule has 2 saturated carbocycles. The molecule has 1 aromatic carbocycles. The zero-order valence-corrected chi connectivity index (χ0v) is 23.2. The van der Waals surface area contributed by atoms with E-state index < -0.39 is 0 Å². The van der Waals surface area contributed by atoms with Gasteiger partial charge >= 0.3 is 6.09 Å². The van der Waals surface area contributed by atoms with Crippen molar-refractivity contribution in [2.24, 2.45) is 0 Å². The SMILES string of the molecule is COc1ccc(Nc2ccc(-c3cnc(C4CCC(NC(=O)OC(C)C)CC4)s3)c(SC3CC3)c2)cn1. The van der Waals surface area contributed by atoms with Crippen molar-refractivity contribution in [3.63, 3.8) is 0 Å². The highest BCUT2D eigenvalue weighted by Gasteiger charge is 2.27. The number of carbonyl (C=O) groups excluding carboxylic acids is 1. The summed E-state index contributed by atoms with van der Waals surface area (Å²) in [6, 6.07) is 10.6. The lowest BCUT2D eigenvalue weighted by Gasteiger charge is -2.28. The Balaban J connectivity index is 1.26. The van der Waals surface area contributed by atoms with E-state index in [1.807, 2.05) is 55.3 Å². The number of hydrogen-bond acceptors (Lipinski definition) is 8. The number of carbonyl (C=O) groups is 1. The molecule has 0 saturated heterocycles. The molecular weight excluding hydrogens is 504 g/mol. The van der Waals surface area contributed by atoms with E-state index in [2.05, 4.69) is 33.8 Å². The molecule has 196 valence electrons. The molecule has 0 atom stereocenters. The fraction of sp³-hybridized carbons (Fsp3) is 0.464. The van der Waals surface area contributed by atoms with Crippen molar-refractivity contribution in [3.05, 3.63) is 47.7 Å². The van der Waals surface area contributed by atoms with Gasteiger partial charge in [0.25, 0.3) is 0 Å². The predicted molar refractivity (Wildman–Crippen MR) is 150 cm³/mol. The largest absolute Gasteiger partial charge is 0.481 e.